The molecule has 0 bridgehead atoms. The molecule has 0 fully saturated rings. The molecule has 0 aliphatic carbocycles. The number of carbonyl (C=O) groups is 1. The Hall–Kier alpha value is -3.07. The van der Waals surface area contributed by atoms with Crippen molar-refractivity contribution in [3.63, 3.8) is 0 Å². The molecule has 1 amide bonds. The van der Waals surface area contributed by atoms with Crippen molar-refractivity contribution in [1.29, 1.82) is 0 Å². The van der Waals surface area contributed by atoms with Crippen molar-refractivity contribution in [3.8, 4) is 5.75 Å². The summed E-state index contributed by atoms with van der Waals surface area (Å²) < 4.78 is 0. The van der Waals surface area contributed by atoms with E-state index in [0.717, 1.165) is 27.8 Å². The van der Waals surface area contributed by atoms with E-state index in [1.54, 1.807) is 0 Å². The lowest BCUT2D eigenvalue weighted by Gasteiger charge is -2.28. The number of phenolic OH excluding ortho intramolecular Hbond substituents is 1. The minimum Gasteiger partial charge on any atom is -0.507 e. The molecule has 0 saturated carbocycles. The Labute approximate surface area is 198 Å². The Balaban J connectivity index is 1.82. The zero-order valence-corrected chi connectivity index (χ0v) is 20.8. The summed E-state index contributed by atoms with van der Waals surface area (Å²) in [6.45, 7) is 12.6. The van der Waals surface area contributed by atoms with E-state index in [4.69, 9.17) is 0 Å². The molecule has 0 aliphatic rings. The van der Waals surface area contributed by atoms with Crippen molar-refractivity contribution in [3.05, 3.63) is 101 Å². The SMILES string of the molecule is CC(C)(C)c1cc(CCC(=O)NC(c2ccccc2)c2ccccc2)cc(C(C)(C)C)c1O. The molecule has 0 heterocycles. The summed E-state index contributed by atoms with van der Waals surface area (Å²) in [6, 6.07) is 24.1. The van der Waals surface area contributed by atoms with Crippen LogP contribution in [0.1, 0.15) is 81.8 Å². The molecule has 33 heavy (non-hydrogen) atoms. The third-order valence-corrected chi connectivity index (χ3v) is 6.00. The van der Waals surface area contributed by atoms with Crippen molar-refractivity contribution >= 4 is 5.91 Å². The minimum atomic E-state index is -0.186. The fraction of sp³-hybridized carbons (Fsp3) is 0.367. The second-order valence-corrected chi connectivity index (χ2v) is 10.9. The first-order valence-corrected chi connectivity index (χ1v) is 11.7. The molecule has 3 heteroatoms. The number of hydrogen-bond acceptors (Lipinski definition) is 2. The number of aryl methyl sites for hydroxylation is 1. The Morgan fingerprint density at radius 2 is 1.21 bits per heavy atom. The number of amides is 1. The van der Waals surface area contributed by atoms with E-state index in [1.807, 2.05) is 60.7 Å². The molecule has 0 unspecified atom stereocenters. The highest BCUT2D eigenvalue weighted by Gasteiger charge is 2.26. The van der Waals surface area contributed by atoms with Gasteiger partial charge in [0.1, 0.15) is 5.75 Å². The van der Waals surface area contributed by atoms with Crippen LogP contribution >= 0.6 is 0 Å². The quantitative estimate of drug-likeness (QED) is 0.439. The molecule has 0 atom stereocenters. The van der Waals surface area contributed by atoms with E-state index in [0.29, 0.717) is 18.6 Å². The van der Waals surface area contributed by atoms with Crippen molar-refractivity contribution in [2.24, 2.45) is 0 Å². The van der Waals surface area contributed by atoms with Gasteiger partial charge in [-0.3, -0.25) is 4.79 Å². The first-order valence-electron chi connectivity index (χ1n) is 11.7. The van der Waals surface area contributed by atoms with Gasteiger partial charge in [0.05, 0.1) is 6.04 Å². The average molecular weight is 444 g/mol. The summed E-state index contributed by atoms with van der Waals surface area (Å²) >= 11 is 0. The van der Waals surface area contributed by atoms with E-state index in [9.17, 15) is 9.90 Å². The molecule has 0 aliphatic heterocycles. The maximum absolute atomic E-state index is 13.0. The minimum absolute atomic E-state index is 0.00963. The lowest BCUT2D eigenvalue weighted by Crippen LogP contribution is -2.29. The van der Waals surface area contributed by atoms with Gasteiger partial charge in [-0.25, -0.2) is 0 Å². The zero-order chi connectivity index (χ0) is 24.2. The molecule has 3 aromatic carbocycles. The lowest BCUT2D eigenvalue weighted by molar-refractivity contribution is -0.121. The zero-order valence-electron chi connectivity index (χ0n) is 20.8. The predicted molar refractivity (Wildman–Crippen MR) is 137 cm³/mol. The number of aromatic hydroxyl groups is 1. The maximum atomic E-state index is 13.0. The Morgan fingerprint density at radius 3 is 1.61 bits per heavy atom. The summed E-state index contributed by atoms with van der Waals surface area (Å²) in [5, 5.41) is 14.2. The fourth-order valence-corrected chi connectivity index (χ4v) is 4.12. The first kappa shape index (κ1) is 24.6. The van der Waals surface area contributed by atoms with Crippen LogP contribution in [0, 0.1) is 0 Å². The van der Waals surface area contributed by atoms with Gasteiger partial charge in [0, 0.05) is 6.42 Å². The van der Waals surface area contributed by atoms with Gasteiger partial charge in [0.15, 0.2) is 0 Å². The number of benzene rings is 3. The molecule has 0 aromatic heterocycles. The van der Waals surface area contributed by atoms with Crippen LogP contribution < -0.4 is 5.32 Å². The molecule has 2 N–H and O–H groups in total. The second kappa shape index (κ2) is 9.82. The van der Waals surface area contributed by atoms with Gasteiger partial charge in [0.2, 0.25) is 5.91 Å². The molecular formula is C30H37NO2. The first-order chi connectivity index (χ1) is 15.5. The number of nitrogens with one attached hydrogen (secondary N) is 1. The smallest absolute Gasteiger partial charge is 0.221 e. The van der Waals surface area contributed by atoms with E-state index < -0.39 is 0 Å². The van der Waals surface area contributed by atoms with Gasteiger partial charge in [-0.15, -0.1) is 0 Å². The Bertz CT molecular complexity index is 999. The highest BCUT2D eigenvalue weighted by molar-refractivity contribution is 5.77. The van der Waals surface area contributed by atoms with E-state index in [1.165, 1.54) is 0 Å². The Morgan fingerprint density at radius 1 is 0.788 bits per heavy atom. The highest BCUT2D eigenvalue weighted by Crippen LogP contribution is 2.40. The molecule has 0 radical (unpaired) electrons. The van der Waals surface area contributed by atoms with Crippen molar-refractivity contribution in [1.82, 2.24) is 5.32 Å². The topological polar surface area (TPSA) is 49.3 Å². The Kier molecular flexibility index (Phi) is 7.31. The number of carbonyl (C=O) groups excluding carboxylic acids is 1. The number of hydrogen-bond donors (Lipinski definition) is 2. The van der Waals surface area contributed by atoms with Crippen molar-refractivity contribution < 1.29 is 9.90 Å². The van der Waals surface area contributed by atoms with Crippen LogP contribution in [-0.2, 0) is 22.0 Å². The maximum Gasteiger partial charge on any atom is 0.221 e. The monoisotopic (exact) mass is 443 g/mol. The van der Waals surface area contributed by atoms with Crippen LogP contribution in [0.2, 0.25) is 0 Å². The van der Waals surface area contributed by atoms with Crippen LogP contribution in [0.5, 0.6) is 5.75 Å². The van der Waals surface area contributed by atoms with Gasteiger partial charge in [0.25, 0.3) is 0 Å². The second-order valence-electron chi connectivity index (χ2n) is 10.9. The molecule has 0 spiro atoms. The third-order valence-electron chi connectivity index (χ3n) is 6.00. The summed E-state index contributed by atoms with van der Waals surface area (Å²) in [6.07, 6.45) is 1.00. The molecular weight excluding hydrogens is 406 g/mol. The predicted octanol–water partition coefficient (Wildman–Crippen LogP) is 6.83. The summed E-state index contributed by atoms with van der Waals surface area (Å²) in [7, 11) is 0. The molecule has 3 rings (SSSR count). The highest BCUT2D eigenvalue weighted by atomic mass is 16.3. The summed E-state index contributed by atoms with van der Waals surface area (Å²) in [4.78, 5) is 13.0. The van der Waals surface area contributed by atoms with Gasteiger partial charge < -0.3 is 10.4 Å². The van der Waals surface area contributed by atoms with Gasteiger partial charge in [-0.05, 0) is 45.1 Å². The molecule has 3 aromatic rings. The number of phenols is 1. The normalized spacial score (nSPS) is 12.1. The van der Waals surface area contributed by atoms with E-state index in [2.05, 4.69) is 59.0 Å². The van der Waals surface area contributed by atoms with Crippen LogP contribution in [0.3, 0.4) is 0 Å². The van der Waals surface area contributed by atoms with E-state index in [-0.39, 0.29) is 22.8 Å². The molecule has 0 saturated heterocycles. The lowest BCUT2D eigenvalue weighted by atomic mass is 9.78. The fourth-order valence-electron chi connectivity index (χ4n) is 4.12. The van der Waals surface area contributed by atoms with Crippen molar-refractivity contribution in [2.75, 3.05) is 0 Å². The van der Waals surface area contributed by atoms with Crippen LogP contribution in [0.25, 0.3) is 0 Å². The van der Waals surface area contributed by atoms with Gasteiger partial charge in [-0.2, -0.15) is 0 Å². The number of rotatable bonds is 6. The largest absolute Gasteiger partial charge is 0.507 e. The summed E-state index contributed by atoms with van der Waals surface area (Å²) in [5.74, 6) is 0.381. The van der Waals surface area contributed by atoms with Crippen molar-refractivity contribution in [2.45, 2.75) is 71.3 Å². The molecule has 174 valence electrons. The van der Waals surface area contributed by atoms with Gasteiger partial charge in [-0.1, -0.05) is 114 Å². The van der Waals surface area contributed by atoms with Crippen LogP contribution in [0.4, 0.5) is 0 Å². The standard InChI is InChI=1S/C30H37NO2/c1-29(2,3)24-19-21(20-25(28(24)33)30(4,5)6)17-18-26(32)31-27(22-13-9-7-10-14-22)23-15-11-8-12-16-23/h7-16,19-20,27,33H,17-18H2,1-6H3,(H,31,32). The summed E-state index contributed by atoms with van der Waals surface area (Å²) in [5.41, 5.74) is 4.68. The van der Waals surface area contributed by atoms with Gasteiger partial charge >= 0.3 is 0 Å². The van der Waals surface area contributed by atoms with Crippen LogP contribution in [-0.4, -0.2) is 11.0 Å². The molecule has 3 nitrogen and oxygen atoms in total. The van der Waals surface area contributed by atoms with E-state index >= 15 is 0 Å². The van der Waals surface area contributed by atoms with Crippen LogP contribution in [0.15, 0.2) is 72.8 Å². The average Bonchev–Trinajstić information content (AvgIpc) is 2.76. The third kappa shape index (κ3) is 6.25.